The van der Waals surface area contributed by atoms with Crippen LogP contribution in [0.25, 0.3) is 33.0 Å². The van der Waals surface area contributed by atoms with Crippen LogP contribution in [0.15, 0.2) is 86.7 Å². The van der Waals surface area contributed by atoms with Gasteiger partial charge < -0.3 is 13.3 Å². The molecule has 0 N–H and O–H groups in total. The third-order valence-electron chi connectivity index (χ3n) is 4.30. The van der Waals surface area contributed by atoms with Gasteiger partial charge in [-0.15, -0.1) is 0 Å². The summed E-state index contributed by atoms with van der Waals surface area (Å²) in [6, 6.07) is 13.5. The van der Waals surface area contributed by atoms with Crippen molar-refractivity contribution in [2.45, 2.75) is 20.8 Å². The van der Waals surface area contributed by atoms with E-state index < -0.39 is 0 Å². The molecular formula is C24H21N3O3. The Morgan fingerprint density at radius 2 is 1.27 bits per heavy atom. The largest absolute Gasteiger partial charge is 0.461 e. The quantitative estimate of drug-likeness (QED) is 0.294. The summed E-state index contributed by atoms with van der Waals surface area (Å²) in [5, 5.41) is 2.19. The van der Waals surface area contributed by atoms with E-state index >= 15 is 0 Å². The molecular weight excluding hydrogens is 378 g/mol. The fourth-order valence-corrected chi connectivity index (χ4v) is 3.03. The van der Waals surface area contributed by atoms with Gasteiger partial charge in [-0.05, 0) is 57.2 Å². The summed E-state index contributed by atoms with van der Waals surface area (Å²) < 4.78 is 15.9. The van der Waals surface area contributed by atoms with E-state index in [2.05, 4.69) is 15.0 Å². The molecule has 0 bridgehead atoms. The minimum Gasteiger partial charge on any atom is -0.461 e. The first kappa shape index (κ1) is 19.4. The molecule has 0 aliphatic heterocycles. The van der Waals surface area contributed by atoms with E-state index in [9.17, 15) is 0 Å². The number of aromatic nitrogens is 3. The van der Waals surface area contributed by atoms with Crippen molar-refractivity contribution in [3.8, 4) is 0 Å². The number of hydrogen-bond acceptors (Lipinski definition) is 6. The lowest BCUT2D eigenvalue weighted by Gasteiger charge is -1.81. The van der Waals surface area contributed by atoms with Gasteiger partial charge in [-0.1, -0.05) is 0 Å². The molecule has 0 aliphatic carbocycles. The molecule has 6 aromatic rings. The standard InChI is InChI=1S/3C8H7NO/c1-6-4-7-5-9-3-2-8(7)10-6;1-6-4-7-2-3-9-5-8(7)10-6;1-6-5-7-8(10-6)3-2-4-9-7/h3*2-5H,1H3. The topological polar surface area (TPSA) is 78.1 Å². The number of hydrogen-bond donors (Lipinski definition) is 0. The van der Waals surface area contributed by atoms with Crippen molar-refractivity contribution < 1.29 is 13.3 Å². The Morgan fingerprint density at radius 1 is 0.600 bits per heavy atom. The lowest BCUT2D eigenvalue weighted by molar-refractivity contribution is 0.577. The van der Waals surface area contributed by atoms with E-state index in [0.29, 0.717) is 0 Å². The zero-order valence-electron chi connectivity index (χ0n) is 17.0. The molecule has 0 amide bonds. The normalized spacial score (nSPS) is 10.5. The fourth-order valence-electron chi connectivity index (χ4n) is 3.03. The summed E-state index contributed by atoms with van der Waals surface area (Å²) in [4.78, 5) is 12.0. The smallest absolute Gasteiger partial charge is 0.152 e. The third kappa shape index (κ3) is 4.55. The van der Waals surface area contributed by atoms with E-state index in [-0.39, 0.29) is 0 Å². The van der Waals surface area contributed by atoms with Gasteiger partial charge in [0.25, 0.3) is 0 Å². The summed E-state index contributed by atoms with van der Waals surface area (Å²) >= 11 is 0. The second-order valence-electron chi connectivity index (χ2n) is 6.78. The maximum atomic E-state index is 5.33. The molecule has 0 aromatic carbocycles. The highest BCUT2D eigenvalue weighted by Crippen LogP contribution is 2.17. The summed E-state index contributed by atoms with van der Waals surface area (Å²) in [6.07, 6.45) is 8.77. The van der Waals surface area contributed by atoms with Crippen LogP contribution in [0.1, 0.15) is 17.3 Å². The van der Waals surface area contributed by atoms with Crippen LogP contribution in [0.2, 0.25) is 0 Å². The number of furan rings is 3. The van der Waals surface area contributed by atoms with E-state index in [4.69, 9.17) is 13.3 Å². The number of rotatable bonds is 0. The van der Waals surface area contributed by atoms with Gasteiger partial charge in [0.1, 0.15) is 28.4 Å². The van der Waals surface area contributed by atoms with Crippen LogP contribution >= 0.6 is 0 Å². The summed E-state index contributed by atoms with van der Waals surface area (Å²) in [7, 11) is 0. The number of pyridine rings is 3. The SMILES string of the molecule is Cc1cc2ccncc2o1.Cc1cc2cnccc2o1.Cc1cc2ncccc2o1. The van der Waals surface area contributed by atoms with Gasteiger partial charge >= 0.3 is 0 Å². The molecule has 150 valence electrons. The van der Waals surface area contributed by atoms with Gasteiger partial charge in [-0.2, -0.15) is 0 Å². The summed E-state index contributed by atoms with van der Waals surface area (Å²) in [5.41, 5.74) is 3.56. The Morgan fingerprint density at radius 3 is 2.03 bits per heavy atom. The van der Waals surface area contributed by atoms with Gasteiger partial charge in [0, 0.05) is 41.6 Å². The van der Waals surface area contributed by atoms with Gasteiger partial charge in [-0.3, -0.25) is 15.0 Å². The fraction of sp³-hybridized carbons (Fsp3) is 0.125. The molecule has 0 atom stereocenters. The first-order chi connectivity index (χ1) is 14.6. The molecule has 6 heterocycles. The Labute approximate surface area is 173 Å². The molecule has 0 spiro atoms. The molecule has 0 radical (unpaired) electrons. The highest BCUT2D eigenvalue weighted by atomic mass is 16.3. The van der Waals surface area contributed by atoms with Crippen molar-refractivity contribution in [2.24, 2.45) is 0 Å². The van der Waals surface area contributed by atoms with Gasteiger partial charge in [-0.25, -0.2) is 0 Å². The van der Waals surface area contributed by atoms with Crippen LogP contribution in [0.5, 0.6) is 0 Å². The predicted molar refractivity (Wildman–Crippen MR) is 116 cm³/mol. The van der Waals surface area contributed by atoms with E-state index in [0.717, 1.165) is 50.3 Å². The predicted octanol–water partition coefficient (Wildman–Crippen LogP) is 6.41. The first-order valence-electron chi connectivity index (χ1n) is 9.50. The molecule has 6 rings (SSSR count). The van der Waals surface area contributed by atoms with Crippen LogP contribution in [0.4, 0.5) is 0 Å². The average molecular weight is 399 g/mol. The zero-order valence-corrected chi connectivity index (χ0v) is 17.0. The summed E-state index contributed by atoms with van der Waals surface area (Å²) in [5.74, 6) is 2.78. The highest BCUT2D eigenvalue weighted by Gasteiger charge is 1.98. The summed E-state index contributed by atoms with van der Waals surface area (Å²) in [6.45, 7) is 5.78. The van der Waals surface area contributed by atoms with Gasteiger partial charge in [0.15, 0.2) is 11.2 Å². The molecule has 0 unspecified atom stereocenters. The molecule has 30 heavy (non-hydrogen) atoms. The van der Waals surface area contributed by atoms with Crippen molar-refractivity contribution in [3.63, 3.8) is 0 Å². The molecule has 0 aliphatic rings. The Hall–Kier alpha value is -3.93. The number of fused-ring (bicyclic) bond motifs is 3. The Kier molecular flexibility index (Phi) is 5.57. The van der Waals surface area contributed by atoms with Crippen molar-refractivity contribution >= 4 is 33.0 Å². The second-order valence-corrected chi connectivity index (χ2v) is 6.78. The van der Waals surface area contributed by atoms with Crippen molar-refractivity contribution in [3.05, 3.63) is 90.7 Å². The molecule has 0 saturated carbocycles. The van der Waals surface area contributed by atoms with Crippen LogP contribution in [0, 0.1) is 20.8 Å². The lowest BCUT2D eigenvalue weighted by Crippen LogP contribution is -1.66. The minimum atomic E-state index is 0.861. The van der Waals surface area contributed by atoms with Gasteiger partial charge in [0.05, 0.1) is 6.20 Å². The first-order valence-corrected chi connectivity index (χ1v) is 9.50. The Bertz CT molecular complexity index is 1120. The van der Waals surface area contributed by atoms with Crippen LogP contribution in [-0.4, -0.2) is 15.0 Å². The van der Waals surface area contributed by atoms with E-state index in [1.165, 1.54) is 0 Å². The van der Waals surface area contributed by atoms with Crippen molar-refractivity contribution in [1.82, 2.24) is 15.0 Å². The minimum absolute atomic E-state index is 0.861. The maximum absolute atomic E-state index is 5.33. The number of aryl methyl sites for hydroxylation is 3. The lowest BCUT2D eigenvalue weighted by atomic mass is 10.3. The second kappa shape index (κ2) is 8.61. The van der Waals surface area contributed by atoms with E-state index in [1.807, 2.05) is 63.2 Å². The van der Waals surface area contributed by atoms with E-state index in [1.54, 1.807) is 31.0 Å². The van der Waals surface area contributed by atoms with Crippen LogP contribution < -0.4 is 0 Å². The van der Waals surface area contributed by atoms with Gasteiger partial charge in [0.2, 0.25) is 0 Å². The number of nitrogens with zero attached hydrogens (tertiary/aromatic N) is 3. The van der Waals surface area contributed by atoms with Crippen molar-refractivity contribution in [2.75, 3.05) is 0 Å². The monoisotopic (exact) mass is 399 g/mol. The molecule has 6 heteroatoms. The molecule has 6 aromatic heterocycles. The average Bonchev–Trinajstić information content (AvgIpc) is 3.41. The molecule has 0 fully saturated rings. The van der Waals surface area contributed by atoms with Crippen molar-refractivity contribution in [1.29, 1.82) is 0 Å². The maximum Gasteiger partial charge on any atom is 0.152 e. The van der Waals surface area contributed by atoms with Crippen LogP contribution in [0.3, 0.4) is 0 Å². The Balaban J connectivity index is 0.000000109. The molecule has 6 nitrogen and oxygen atoms in total. The third-order valence-corrected chi connectivity index (χ3v) is 4.30. The molecule has 0 saturated heterocycles. The zero-order chi connectivity index (χ0) is 20.9. The van der Waals surface area contributed by atoms with Crippen LogP contribution in [-0.2, 0) is 0 Å². The highest BCUT2D eigenvalue weighted by molar-refractivity contribution is 5.77.